The number of aromatic nitrogens is 1. The molecule has 100 valence electrons. The van der Waals surface area contributed by atoms with Crippen LogP contribution in [0.4, 0.5) is 15.8 Å². The molecular formula is C14H16FN3O. The average molecular weight is 261 g/mol. The minimum Gasteiger partial charge on any atom is -0.397 e. The van der Waals surface area contributed by atoms with Crippen LogP contribution in [0.1, 0.15) is 16.2 Å². The van der Waals surface area contributed by atoms with Gasteiger partial charge in [0.2, 0.25) is 0 Å². The van der Waals surface area contributed by atoms with Gasteiger partial charge in [0.25, 0.3) is 5.91 Å². The van der Waals surface area contributed by atoms with Gasteiger partial charge in [0.05, 0.1) is 5.69 Å². The van der Waals surface area contributed by atoms with Gasteiger partial charge in [-0.1, -0.05) is 6.07 Å². The molecule has 19 heavy (non-hydrogen) atoms. The fraction of sp³-hybridized carbons (Fsp3) is 0.214. The van der Waals surface area contributed by atoms with E-state index in [4.69, 9.17) is 5.73 Å². The molecule has 0 spiro atoms. The van der Waals surface area contributed by atoms with Crippen LogP contribution < -0.4 is 10.6 Å². The van der Waals surface area contributed by atoms with Gasteiger partial charge < -0.3 is 15.2 Å². The van der Waals surface area contributed by atoms with Crippen molar-refractivity contribution < 1.29 is 9.18 Å². The topological polar surface area (TPSA) is 51.3 Å². The summed E-state index contributed by atoms with van der Waals surface area (Å²) in [6.45, 7) is 1.87. The third kappa shape index (κ3) is 2.31. The summed E-state index contributed by atoms with van der Waals surface area (Å²) in [5.41, 5.74) is 8.06. The molecule has 5 heteroatoms. The Morgan fingerprint density at radius 1 is 1.37 bits per heavy atom. The number of halogens is 1. The van der Waals surface area contributed by atoms with E-state index in [-0.39, 0.29) is 11.7 Å². The Balaban J connectivity index is 2.39. The molecular weight excluding hydrogens is 245 g/mol. The van der Waals surface area contributed by atoms with E-state index in [9.17, 15) is 9.18 Å². The number of nitrogens with zero attached hydrogens (tertiary/aromatic N) is 2. The van der Waals surface area contributed by atoms with Gasteiger partial charge in [-0.15, -0.1) is 0 Å². The first kappa shape index (κ1) is 13.1. The molecule has 0 aliphatic heterocycles. The number of hydrogen-bond donors (Lipinski definition) is 1. The normalized spacial score (nSPS) is 10.5. The van der Waals surface area contributed by atoms with Crippen LogP contribution in [0.25, 0.3) is 0 Å². The van der Waals surface area contributed by atoms with Crippen LogP contribution in [-0.4, -0.2) is 17.5 Å². The second-order valence-electron chi connectivity index (χ2n) is 4.49. The number of aryl methyl sites for hydroxylation is 1. The number of carbonyl (C=O) groups is 1. The van der Waals surface area contributed by atoms with E-state index in [0.29, 0.717) is 17.1 Å². The maximum atomic E-state index is 13.2. The number of nitrogens with two attached hydrogens (primary N) is 1. The van der Waals surface area contributed by atoms with Crippen LogP contribution in [0.2, 0.25) is 0 Å². The Labute approximate surface area is 111 Å². The summed E-state index contributed by atoms with van der Waals surface area (Å²) in [7, 11) is 3.37. The zero-order valence-electron chi connectivity index (χ0n) is 11.1. The predicted octanol–water partition coefficient (Wildman–Crippen LogP) is 2.33. The number of amides is 1. The third-order valence-corrected chi connectivity index (χ3v) is 3.21. The number of carbonyl (C=O) groups excluding carboxylic acids is 1. The van der Waals surface area contributed by atoms with Crippen molar-refractivity contribution in [1.29, 1.82) is 0 Å². The van der Waals surface area contributed by atoms with Crippen molar-refractivity contribution in [2.75, 3.05) is 17.7 Å². The Bertz CT molecular complexity index is 634. The van der Waals surface area contributed by atoms with Crippen LogP contribution >= 0.6 is 0 Å². The molecule has 0 radical (unpaired) electrons. The molecule has 1 amide bonds. The maximum Gasteiger partial charge on any atom is 0.276 e. The van der Waals surface area contributed by atoms with E-state index in [1.807, 2.05) is 6.92 Å². The first-order valence-corrected chi connectivity index (χ1v) is 5.87. The minimum absolute atomic E-state index is 0.265. The number of anilines is 2. The second-order valence-corrected chi connectivity index (χ2v) is 4.49. The molecule has 2 aromatic rings. The highest BCUT2D eigenvalue weighted by Crippen LogP contribution is 2.22. The van der Waals surface area contributed by atoms with Gasteiger partial charge in [0.1, 0.15) is 11.5 Å². The lowest BCUT2D eigenvalue weighted by Crippen LogP contribution is -2.29. The molecule has 1 heterocycles. The first-order valence-electron chi connectivity index (χ1n) is 5.87. The smallest absolute Gasteiger partial charge is 0.276 e. The molecule has 0 fully saturated rings. The lowest BCUT2D eigenvalue weighted by molar-refractivity contribution is 0.0986. The standard InChI is InChI=1S/C14H16FN3O/c1-9-7-12(16)13(17(9)2)14(19)18(3)11-6-4-5-10(15)8-11/h4-8H,16H2,1-3H3. The largest absolute Gasteiger partial charge is 0.397 e. The van der Waals surface area contributed by atoms with E-state index in [1.54, 1.807) is 36.9 Å². The van der Waals surface area contributed by atoms with Gasteiger partial charge in [-0.05, 0) is 31.2 Å². The fourth-order valence-electron chi connectivity index (χ4n) is 1.99. The molecule has 2 N–H and O–H groups in total. The van der Waals surface area contributed by atoms with E-state index < -0.39 is 0 Å². The number of benzene rings is 1. The Morgan fingerprint density at radius 3 is 2.58 bits per heavy atom. The molecule has 0 aliphatic carbocycles. The molecule has 0 aliphatic rings. The first-order chi connectivity index (χ1) is 8.91. The molecule has 2 rings (SSSR count). The van der Waals surface area contributed by atoms with Crippen LogP contribution in [0.5, 0.6) is 0 Å². The second kappa shape index (κ2) is 4.76. The van der Waals surface area contributed by atoms with Crippen LogP contribution in [0.3, 0.4) is 0 Å². The summed E-state index contributed by atoms with van der Waals surface area (Å²) in [5.74, 6) is -0.646. The number of hydrogen-bond acceptors (Lipinski definition) is 2. The highest BCUT2D eigenvalue weighted by atomic mass is 19.1. The van der Waals surface area contributed by atoms with Gasteiger partial charge in [-0.25, -0.2) is 4.39 Å². The van der Waals surface area contributed by atoms with E-state index >= 15 is 0 Å². The highest BCUT2D eigenvalue weighted by molar-refractivity contribution is 6.08. The summed E-state index contributed by atoms with van der Waals surface area (Å²) in [6, 6.07) is 7.63. The fourth-order valence-corrected chi connectivity index (χ4v) is 1.99. The van der Waals surface area contributed by atoms with Crippen molar-refractivity contribution >= 4 is 17.3 Å². The molecule has 0 atom stereocenters. The monoisotopic (exact) mass is 261 g/mol. The summed E-state index contributed by atoms with van der Waals surface area (Å²) < 4.78 is 14.9. The Hall–Kier alpha value is -2.30. The molecule has 4 nitrogen and oxygen atoms in total. The molecule has 0 saturated carbocycles. The quantitative estimate of drug-likeness (QED) is 0.902. The van der Waals surface area contributed by atoms with Gasteiger partial charge >= 0.3 is 0 Å². The Morgan fingerprint density at radius 2 is 2.05 bits per heavy atom. The van der Waals surface area contributed by atoms with Gasteiger partial charge in [0, 0.05) is 25.5 Å². The average Bonchev–Trinajstić information content (AvgIpc) is 2.61. The van der Waals surface area contributed by atoms with Gasteiger partial charge in [-0.3, -0.25) is 4.79 Å². The summed E-state index contributed by atoms with van der Waals surface area (Å²) in [5, 5.41) is 0. The van der Waals surface area contributed by atoms with Crippen LogP contribution in [-0.2, 0) is 7.05 Å². The van der Waals surface area contributed by atoms with Crippen molar-refractivity contribution in [3.8, 4) is 0 Å². The zero-order chi connectivity index (χ0) is 14.2. The molecule has 1 aromatic carbocycles. The van der Waals surface area contributed by atoms with Crippen molar-refractivity contribution in [2.24, 2.45) is 7.05 Å². The van der Waals surface area contributed by atoms with Crippen molar-refractivity contribution in [3.63, 3.8) is 0 Å². The molecule has 0 unspecified atom stereocenters. The van der Waals surface area contributed by atoms with Gasteiger partial charge in [-0.2, -0.15) is 0 Å². The summed E-state index contributed by atoms with van der Waals surface area (Å²) >= 11 is 0. The summed E-state index contributed by atoms with van der Waals surface area (Å²) in [6.07, 6.45) is 0. The van der Waals surface area contributed by atoms with E-state index in [0.717, 1.165) is 5.69 Å². The van der Waals surface area contributed by atoms with E-state index in [2.05, 4.69) is 0 Å². The lowest BCUT2D eigenvalue weighted by Gasteiger charge is -2.18. The molecule has 0 bridgehead atoms. The SMILES string of the molecule is Cc1cc(N)c(C(=O)N(C)c2cccc(F)c2)n1C. The zero-order valence-corrected chi connectivity index (χ0v) is 11.1. The van der Waals surface area contributed by atoms with Crippen molar-refractivity contribution in [2.45, 2.75) is 6.92 Å². The lowest BCUT2D eigenvalue weighted by atomic mass is 10.2. The Kier molecular flexibility index (Phi) is 3.29. The van der Waals surface area contributed by atoms with E-state index in [1.165, 1.54) is 17.0 Å². The highest BCUT2D eigenvalue weighted by Gasteiger charge is 2.20. The predicted molar refractivity (Wildman–Crippen MR) is 73.7 cm³/mol. The number of nitrogen functional groups attached to an aromatic ring is 1. The number of rotatable bonds is 2. The molecule has 1 aromatic heterocycles. The van der Waals surface area contributed by atoms with Crippen LogP contribution in [0.15, 0.2) is 30.3 Å². The van der Waals surface area contributed by atoms with Crippen molar-refractivity contribution in [1.82, 2.24) is 4.57 Å². The minimum atomic E-state index is -0.381. The van der Waals surface area contributed by atoms with Gasteiger partial charge in [0.15, 0.2) is 0 Å². The summed E-state index contributed by atoms with van der Waals surface area (Å²) in [4.78, 5) is 13.8. The maximum absolute atomic E-state index is 13.2. The van der Waals surface area contributed by atoms with Crippen LogP contribution in [0, 0.1) is 12.7 Å². The van der Waals surface area contributed by atoms with Crippen molar-refractivity contribution in [3.05, 3.63) is 47.5 Å². The molecule has 0 saturated heterocycles. The third-order valence-electron chi connectivity index (χ3n) is 3.21.